The van der Waals surface area contributed by atoms with E-state index >= 15 is 0 Å². The molecule has 2 heterocycles. The van der Waals surface area contributed by atoms with Gasteiger partial charge in [-0.25, -0.2) is 0 Å². The Morgan fingerprint density at radius 2 is 1.23 bits per heavy atom. The van der Waals surface area contributed by atoms with Crippen molar-refractivity contribution >= 4 is 10.2 Å². The lowest BCUT2D eigenvalue weighted by atomic mass is 10.4. The van der Waals surface area contributed by atoms with Crippen molar-refractivity contribution in [3.05, 3.63) is 0 Å². The van der Waals surface area contributed by atoms with Gasteiger partial charge in [-0.05, 0) is 7.05 Å². The van der Waals surface area contributed by atoms with Gasteiger partial charge in [0.1, 0.15) is 0 Å². The van der Waals surface area contributed by atoms with Gasteiger partial charge in [0, 0.05) is 39.3 Å². The molecule has 0 unspecified atom stereocenters. The van der Waals surface area contributed by atoms with Crippen molar-refractivity contribution in [2.24, 2.45) is 0 Å². The molecule has 0 aliphatic carbocycles. The van der Waals surface area contributed by atoms with Crippen LogP contribution in [0.2, 0.25) is 0 Å². The first-order valence-electron chi connectivity index (χ1n) is 4.54. The molecule has 13 heavy (non-hydrogen) atoms. The summed E-state index contributed by atoms with van der Waals surface area (Å²) < 4.78 is 26.5. The predicted molar refractivity (Wildman–Crippen MR) is 49.6 cm³/mol. The van der Waals surface area contributed by atoms with Crippen LogP contribution in [-0.2, 0) is 10.2 Å². The molecule has 0 N–H and O–H groups in total. The van der Waals surface area contributed by atoms with Gasteiger partial charge in [-0.15, -0.1) is 0 Å². The summed E-state index contributed by atoms with van der Waals surface area (Å²) in [5.41, 5.74) is 0. The highest BCUT2D eigenvalue weighted by Gasteiger charge is 2.37. The maximum atomic E-state index is 11.7. The third-order valence-electron chi connectivity index (χ3n) is 2.52. The molecular weight excluding hydrogens is 190 g/mol. The second-order valence-electron chi connectivity index (χ2n) is 3.61. The minimum Gasteiger partial charge on any atom is -0.304 e. The maximum absolute atomic E-state index is 11.7. The molecule has 0 spiro atoms. The molecule has 76 valence electrons. The fourth-order valence-corrected chi connectivity index (χ4v) is 2.95. The van der Waals surface area contributed by atoms with Gasteiger partial charge in [0.25, 0.3) is 10.2 Å². The van der Waals surface area contributed by atoms with Crippen LogP contribution in [0.5, 0.6) is 0 Å². The average molecular weight is 205 g/mol. The van der Waals surface area contributed by atoms with E-state index in [0.717, 1.165) is 13.1 Å². The number of hydrogen-bond donors (Lipinski definition) is 0. The van der Waals surface area contributed by atoms with E-state index in [1.165, 1.54) is 4.31 Å². The number of rotatable bonds is 2. The quantitative estimate of drug-likeness (QED) is 0.532. The monoisotopic (exact) mass is 205 g/mol. The smallest absolute Gasteiger partial charge is 0.282 e. The zero-order valence-electron chi connectivity index (χ0n) is 7.81. The number of nitrogens with zero attached hydrogens (tertiary/aromatic N) is 3. The lowest BCUT2D eigenvalue weighted by Crippen LogP contribution is -2.48. The van der Waals surface area contributed by atoms with Crippen molar-refractivity contribution in [3.8, 4) is 0 Å². The van der Waals surface area contributed by atoms with Crippen molar-refractivity contribution < 1.29 is 8.42 Å². The van der Waals surface area contributed by atoms with Crippen LogP contribution in [0.1, 0.15) is 0 Å². The molecule has 0 saturated carbocycles. The summed E-state index contributed by atoms with van der Waals surface area (Å²) in [6.07, 6.45) is 0. The summed E-state index contributed by atoms with van der Waals surface area (Å²) in [7, 11) is -1.06. The molecule has 0 radical (unpaired) electrons. The molecule has 6 heteroatoms. The first-order chi connectivity index (χ1) is 6.10. The summed E-state index contributed by atoms with van der Waals surface area (Å²) in [6, 6.07) is 0. The van der Waals surface area contributed by atoms with Gasteiger partial charge in [0.2, 0.25) is 0 Å². The Bertz CT molecular complexity index is 278. The van der Waals surface area contributed by atoms with Crippen LogP contribution < -0.4 is 0 Å². The van der Waals surface area contributed by atoms with E-state index in [-0.39, 0.29) is 0 Å². The van der Waals surface area contributed by atoms with Crippen LogP contribution in [0.15, 0.2) is 0 Å². The third kappa shape index (κ3) is 1.85. The average Bonchev–Trinajstić information content (AvgIpc) is 2.87. The normalized spacial score (nSPS) is 27.8. The Hall–Kier alpha value is -0.170. The van der Waals surface area contributed by atoms with Crippen LogP contribution in [0, 0.1) is 0 Å². The largest absolute Gasteiger partial charge is 0.304 e. The Morgan fingerprint density at radius 3 is 1.62 bits per heavy atom. The van der Waals surface area contributed by atoms with Crippen molar-refractivity contribution in [3.63, 3.8) is 0 Å². The number of hydrogen-bond acceptors (Lipinski definition) is 3. The number of likely N-dealkylation sites (N-methyl/N-ethyl adjacent to an activating group) is 1. The fourth-order valence-electron chi connectivity index (χ4n) is 1.45. The van der Waals surface area contributed by atoms with Gasteiger partial charge < -0.3 is 4.90 Å². The van der Waals surface area contributed by atoms with Crippen molar-refractivity contribution in [1.82, 2.24) is 13.5 Å². The zero-order chi connectivity index (χ0) is 9.47. The molecule has 2 saturated heterocycles. The zero-order valence-corrected chi connectivity index (χ0v) is 8.63. The lowest BCUT2D eigenvalue weighted by molar-refractivity contribution is 0.218. The molecule has 0 atom stereocenters. The fraction of sp³-hybridized carbons (Fsp3) is 1.00. The molecule has 0 aromatic heterocycles. The van der Waals surface area contributed by atoms with E-state index in [1.807, 2.05) is 7.05 Å². The first kappa shape index (κ1) is 9.39. The minimum absolute atomic E-state index is 0.634. The maximum Gasteiger partial charge on any atom is 0.282 e. The second kappa shape index (κ2) is 3.20. The number of piperazine rings is 1. The predicted octanol–water partition coefficient (Wildman–Crippen LogP) is -1.21. The van der Waals surface area contributed by atoms with Gasteiger partial charge >= 0.3 is 0 Å². The van der Waals surface area contributed by atoms with Gasteiger partial charge in [-0.3, -0.25) is 0 Å². The molecule has 0 aromatic rings. The van der Waals surface area contributed by atoms with Gasteiger partial charge in [-0.1, -0.05) is 0 Å². The van der Waals surface area contributed by atoms with Crippen LogP contribution in [0.4, 0.5) is 0 Å². The summed E-state index contributed by atoms with van der Waals surface area (Å²) in [6.45, 7) is 4.36. The van der Waals surface area contributed by atoms with Crippen molar-refractivity contribution in [1.29, 1.82) is 0 Å². The SMILES string of the molecule is CN1CCN(S(=O)(=O)N2CC2)CC1. The van der Waals surface area contributed by atoms with Gasteiger partial charge in [-0.2, -0.15) is 17.0 Å². The van der Waals surface area contributed by atoms with Crippen LogP contribution in [0.25, 0.3) is 0 Å². The molecule has 2 aliphatic heterocycles. The van der Waals surface area contributed by atoms with E-state index in [1.54, 1.807) is 4.31 Å². The van der Waals surface area contributed by atoms with E-state index in [9.17, 15) is 8.42 Å². The highest BCUT2D eigenvalue weighted by molar-refractivity contribution is 7.87. The standard InChI is InChI=1S/C7H15N3O2S/c1-8-2-4-9(5-3-8)13(11,12)10-6-7-10/h2-7H2,1H3. The van der Waals surface area contributed by atoms with Crippen LogP contribution in [0.3, 0.4) is 0 Å². The Balaban J connectivity index is 2.01. The van der Waals surface area contributed by atoms with E-state index in [2.05, 4.69) is 4.90 Å². The highest BCUT2D eigenvalue weighted by Crippen LogP contribution is 2.17. The topological polar surface area (TPSA) is 43.6 Å². The molecule has 2 fully saturated rings. The van der Waals surface area contributed by atoms with Crippen molar-refractivity contribution in [2.75, 3.05) is 46.3 Å². The minimum atomic E-state index is -3.07. The molecule has 5 nitrogen and oxygen atoms in total. The highest BCUT2D eigenvalue weighted by atomic mass is 32.2. The lowest BCUT2D eigenvalue weighted by Gasteiger charge is -2.31. The Morgan fingerprint density at radius 1 is 0.846 bits per heavy atom. The molecule has 2 aliphatic rings. The third-order valence-corrected chi connectivity index (χ3v) is 4.56. The first-order valence-corrected chi connectivity index (χ1v) is 5.94. The molecule has 0 amide bonds. The molecular formula is C7H15N3O2S. The van der Waals surface area contributed by atoms with E-state index in [0.29, 0.717) is 26.2 Å². The van der Waals surface area contributed by atoms with Crippen LogP contribution in [-0.4, -0.2) is 68.2 Å². The van der Waals surface area contributed by atoms with Crippen molar-refractivity contribution in [2.45, 2.75) is 0 Å². The summed E-state index contributed by atoms with van der Waals surface area (Å²) >= 11 is 0. The van der Waals surface area contributed by atoms with E-state index < -0.39 is 10.2 Å². The second-order valence-corrected chi connectivity index (χ2v) is 5.54. The summed E-state index contributed by atoms with van der Waals surface area (Å²) in [5, 5.41) is 0. The molecule has 2 rings (SSSR count). The molecule has 0 bridgehead atoms. The molecule has 0 aromatic carbocycles. The Labute approximate surface area is 79.1 Å². The van der Waals surface area contributed by atoms with Gasteiger partial charge in [0.05, 0.1) is 0 Å². The summed E-state index contributed by atoms with van der Waals surface area (Å²) in [5.74, 6) is 0. The Kier molecular flexibility index (Phi) is 2.31. The van der Waals surface area contributed by atoms with Gasteiger partial charge in [0.15, 0.2) is 0 Å². The summed E-state index contributed by atoms with van der Waals surface area (Å²) in [4.78, 5) is 2.15. The van der Waals surface area contributed by atoms with Crippen LogP contribution >= 0.6 is 0 Å². The van der Waals surface area contributed by atoms with E-state index in [4.69, 9.17) is 0 Å².